The van der Waals surface area contributed by atoms with E-state index in [0.29, 0.717) is 11.5 Å². The highest BCUT2D eigenvalue weighted by Crippen LogP contribution is 2.25. The van der Waals surface area contributed by atoms with Gasteiger partial charge in [0.2, 0.25) is 10.3 Å². The van der Waals surface area contributed by atoms with Crippen LogP contribution in [0.2, 0.25) is 0 Å². The van der Waals surface area contributed by atoms with Crippen LogP contribution >= 0.6 is 11.3 Å². The number of nitrogens with zero attached hydrogens (tertiary/aromatic N) is 2. The van der Waals surface area contributed by atoms with E-state index in [1.54, 1.807) is 18.4 Å². The quantitative estimate of drug-likeness (QED) is 0.493. The predicted octanol–water partition coefficient (Wildman–Crippen LogP) is -0.587. The summed E-state index contributed by atoms with van der Waals surface area (Å²) in [4.78, 5) is 14.4. The molecule has 13 heavy (non-hydrogen) atoms. The third kappa shape index (κ3) is 2.68. The van der Waals surface area contributed by atoms with Crippen molar-refractivity contribution in [2.24, 2.45) is 0 Å². The number of esters is 1. The molecule has 6 heteroatoms. The van der Waals surface area contributed by atoms with Crippen molar-refractivity contribution in [1.29, 1.82) is 5.39 Å². The van der Waals surface area contributed by atoms with Gasteiger partial charge in [-0.1, -0.05) is 0 Å². The van der Waals surface area contributed by atoms with E-state index in [1.807, 2.05) is 0 Å². The molecule has 0 bridgehead atoms. The van der Waals surface area contributed by atoms with Crippen molar-refractivity contribution in [3.63, 3.8) is 0 Å². The first kappa shape index (κ1) is 11.9. The lowest BCUT2D eigenvalue weighted by Gasteiger charge is -1.94. The van der Waals surface area contributed by atoms with Gasteiger partial charge in [-0.15, -0.1) is 11.3 Å². The highest BCUT2D eigenvalue weighted by Gasteiger charge is 2.22. The van der Waals surface area contributed by atoms with Crippen LogP contribution in [0.1, 0.15) is 16.6 Å². The van der Waals surface area contributed by atoms with Gasteiger partial charge in [0.1, 0.15) is 0 Å². The van der Waals surface area contributed by atoms with Gasteiger partial charge in [-0.05, 0) is 12.3 Å². The van der Waals surface area contributed by atoms with E-state index in [-0.39, 0.29) is 18.1 Å². The van der Waals surface area contributed by atoms with E-state index in [1.165, 1.54) is 11.3 Å². The Morgan fingerprint density at radius 3 is 3.00 bits per heavy atom. The molecule has 70 valence electrons. The molecule has 0 aromatic carbocycles. The maximum absolute atomic E-state index is 11.1. The lowest BCUT2D eigenvalue weighted by Crippen LogP contribution is -3.00. The number of diazo groups is 1. The fraction of sp³-hybridized carbons (Fsp3) is 0.286. The van der Waals surface area contributed by atoms with Crippen LogP contribution in [0.25, 0.3) is 4.98 Å². The van der Waals surface area contributed by atoms with Crippen molar-refractivity contribution >= 4 is 23.0 Å². The Balaban J connectivity index is 0.00000144. The summed E-state index contributed by atoms with van der Waals surface area (Å²) in [6, 6.07) is 1.55. The van der Waals surface area contributed by atoms with Crippen LogP contribution in [0, 0.1) is 5.39 Å². The lowest BCUT2D eigenvalue weighted by atomic mass is 10.4. The van der Waals surface area contributed by atoms with Gasteiger partial charge in [-0.3, -0.25) is 0 Å². The first-order valence-corrected chi connectivity index (χ1v) is 4.27. The van der Waals surface area contributed by atoms with Gasteiger partial charge >= 0.3 is 11.7 Å². The van der Waals surface area contributed by atoms with Gasteiger partial charge < -0.3 is 17.1 Å². The minimum absolute atomic E-state index is 0. The monoisotopic (exact) mass is 218 g/mol. The fourth-order valence-electron chi connectivity index (χ4n) is 0.731. The summed E-state index contributed by atoms with van der Waals surface area (Å²) in [6.45, 7) is 2.04. The molecule has 1 aromatic rings. The van der Waals surface area contributed by atoms with Crippen LogP contribution in [0.15, 0.2) is 11.4 Å². The normalized spacial score (nSPS) is 8.31. The van der Waals surface area contributed by atoms with E-state index < -0.39 is 5.97 Å². The van der Waals surface area contributed by atoms with Crippen LogP contribution in [0.5, 0.6) is 0 Å². The molecular formula is C7H7ClN2O2S. The van der Waals surface area contributed by atoms with Gasteiger partial charge in [-0.2, -0.15) is 0 Å². The zero-order chi connectivity index (χ0) is 8.97. The van der Waals surface area contributed by atoms with Crippen LogP contribution in [-0.4, -0.2) is 12.6 Å². The minimum atomic E-state index is -0.444. The molecule has 1 heterocycles. The third-order valence-corrected chi connectivity index (χ3v) is 2.10. The summed E-state index contributed by atoms with van der Waals surface area (Å²) in [7, 11) is 0. The number of carbonyl (C=O) groups is 1. The second-order valence-electron chi connectivity index (χ2n) is 1.96. The van der Waals surface area contributed by atoms with Gasteiger partial charge in [0.05, 0.1) is 6.61 Å². The summed E-state index contributed by atoms with van der Waals surface area (Å²) in [5.74, 6) is -0.444. The van der Waals surface area contributed by atoms with Crippen molar-refractivity contribution in [3.8, 4) is 0 Å². The molecular weight excluding hydrogens is 212 g/mol. The topological polar surface area (TPSA) is 54.5 Å². The van der Waals surface area contributed by atoms with Gasteiger partial charge in [-0.25, -0.2) is 4.79 Å². The fourth-order valence-corrected chi connectivity index (χ4v) is 1.45. The van der Waals surface area contributed by atoms with Crippen molar-refractivity contribution in [1.82, 2.24) is 0 Å². The van der Waals surface area contributed by atoms with E-state index in [2.05, 4.69) is 4.98 Å². The Morgan fingerprint density at radius 2 is 2.46 bits per heavy atom. The molecule has 0 fully saturated rings. The Labute approximate surface area is 85.6 Å². The summed E-state index contributed by atoms with van der Waals surface area (Å²) < 4.78 is 4.73. The molecule has 0 aliphatic rings. The van der Waals surface area contributed by atoms with Crippen molar-refractivity contribution in [3.05, 3.63) is 21.3 Å². The SMILES string of the molecule is CCOC(=O)c1sccc1[N+]#N.[Cl-]. The zero-order valence-corrected chi connectivity index (χ0v) is 8.43. The molecule has 0 unspecified atom stereocenters. The maximum atomic E-state index is 11.1. The van der Waals surface area contributed by atoms with Crippen molar-refractivity contribution in [2.45, 2.75) is 6.92 Å². The third-order valence-electron chi connectivity index (χ3n) is 1.21. The molecule has 0 radical (unpaired) electrons. The lowest BCUT2D eigenvalue weighted by molar-refractivity contribution is -0.0000209. The molecule has 0 N–H and O–H groups in total. The summed E-state index contributed by atoms with van der Waals surface area (Å²) in [5.41, 5.74) is 0.262. The highest BCUT2D eigenvalue weighted by atomic mass is 35.5. The molecule has 1 rings (SSSR count). The van der Waals surface area contributed by atoms with Gasteiger partial charge in [0.25, 0.3) is 0 Å². The number of rotatable bonds is 2. The van der Waals surface area contributed by atoms with Crippen molar-refractivity contribution in [2.75, 3.05) is 6.61 Å². The number of carbonyl (C=O) groups excluding carboxylic acids is 1. The number of ether oxygens (including phenoxy) is 1. The summed E-state index contributed by atoms with van der Waals surface area (Å²) in [5, 5.41) is 10.1. The number of hydrogen-bond acceptors (Lipinski definition) is 4. The maximum Gasteiger partial charge on any atom is 0.410 e. The Hall–Kier alpha value is -1.12. The number of thiophene rings is 1. The van der Waals surface area contributed by atoms with E-state index in [4.69, 9.17) is 10.1 Å². The second kappa shape index (κ2) is 5.51. The van der Waals surface area contributed by atoms with Crippen LogP contribution < -0.4 is 12.4 Å². The smallest absolute Gasteiger partial charge is 0.410 e. The Bertz CT molecular complexity index is 331. The largest absolute Gasteiger partial charge is 1.00 e. The zero-order valence-electron chi connectivity index (χ0n) is 6.86. The minimum Gasteiger partial charge on any atom is -1.00 e. The Kier molecular flexibility index (Phi) is 5.04. The average molecular weight is 219 g/mol. The molecule has 0 atom stereocenters. The summed E-state index contributed by atoms with van der Waals surface area (Å²) in [6.07, 6.45) is 0. The molecule has 1 aromatic heterocycles. The molecule has 4 nitrogen and oxygen atoms in total. The Morgan fingerprint density at radius 1 is 1.77 bits per heavy atom. The number of halogens is 1. The van der Waals surface area contributed by atoms with Gasteiger partial charge in [0, 0.05) is 6.07 Å². The van der Waals surface area contributed by atoms with Crippen molar-refractivity contribution < 1.29 is 21.9 Å². The first-order chi connectivity index (χ1) is 5.79. The standard InChI is InChI=1S/C7H7N2O2S.ClH/c1-2-11-7(10)6-5(9-8)3-4-12-6;/h3-4H,2H2,1H3;1H/q+1;/p-1. The highest BCUT2D eigenvalue weighted by molar-refractivity contribution is 7.12. The van der Waals surface area contributed by atoms with Crippen LogP contribution in [0.3, 0.4) is 0 Å². The second-order valence-corrected chi connectivity index (χ2v) is 2.87. The number of hydrogen-bond donors (Lipinski definition) is 0. The first-order valence-electron chi connectivity index (χ1n) is 3.39. The van der Waals surface area contributed by atoms with E-state index in [9.17, 15) is 4.79 Å². The molecule has 0 saturated carbocycles. The summed E-state index contributed by atoms with van der Waals surface area (Å²) >= 11 is 1.19. The molecule has 0 aliphatic carbocycles. The predicted molar refractivity (Wildman–Crippen MR) is 45.0 cm³/mol. The molecule has 0 amide bonds. The van der Waals surface area contributed by atoms with Gasteiger partial charge in [0.15, 0.2) is 4.98 Å². The van der Waals surface area contributed by atoms with E-state index in [0.717, 1.165) is 0 Å². The molecule has 0 saturated heterocycles. The van der Waals surface area contributed by atoms with Crippen LogP contribution in [0.4, 0.5) is 5.69 Å². The average Bonchev–Trinajstić information content (AvgIpc) is 2.51. The van der Waals surface area contributed by atoms with Crippen LogP contribution in [-0.2, 0) is 4.74 Å². The molecule has 0 spiro atoms. The molecule has 0 aliphatic heterocycles. The van der Waals surface area contributed by atoms with E-state index >= 15 is 0 Å².